The Labute approximate surface area is 152 Å². The molecule has 6 heteroatoms. The Hall–Kier alpha value is -1.92. The van der Waals surface area contributed by atoms with Crippen molar-refractivity contribution in [3.8, 4) is 10.4 Å². The number of aromatic nitrogens is 1. The summed E-state index contributed by atoms with van der Waals surface area (Å²) in [6.07, 6.45) is 4.39. The van der Waals surface area contributed by atoms with Gasteiger partial charge in [-0.2, -0.15) is 4.99 Å². The fourth-order valence-electron chi connectivity index (χ4n) is 4.42. The molecule has 5 nitrogen and oxygen atoms in total. The van der Waals surface area contributed by atoms with Crippen molar-refractivity contribution in [1.82, 2.24) is 14.8 Å². The van der Waals surface area contributed by atoms with Crippen LogP contribution in [0.25, 0.3) is 10.4 Å². The van der Waals surface area contributed by atoms with Crippen molar-refractivity contribution in [2.24, 2.45) is 10.9 Å². The van der Waals surface area contributed by atoms with E-state index >= 15 is 0 Å². The maximum atomic E-state index is 6.46. The minimum atomic E-state index is -0.0659. The van der Waals surface area contributed by atoms with Gasteiger partial charge in [0.15, 0.2) is 0 Å². The zero-order chi connectivity index (χ0) is 16.9. The summed E-state index contributed by atoms with van der Waals surface area (Å²) in [5.74, 6) is 0.656. The first-order chi connectivity index (χ1) is 12.2. The van der Waals surface area contributed by atoms with Gasteiger partial charge < -0.3 is 9.64 Å². The van der Waals surface area contributed by atoms with Crippen molar-refractivity contribution in [3.05, 3.63) is 36.5 Å². The van der Waals surface area contributed by atoms with Crippen LogP contribution in [0.2, 0.25) is 0 Å². The molecular formula is C19H22N4OS. The normalized spacial score (nSPS) is 32.5. The Morgan fingerprint density at radius 1 is 1.20 bits per heavy atom. The smallest absolute Gasteiger partial charge is 0.295 e. The second-order valence-corrected chi connectivity index (χ2v) is 8.35. The van der Waals surface area contributed by atoms with E-state index in [4.69, 9.17) is 9.73 Å². The van der Waals surface area contributed by atoms with Gasteiger partial charge in [-0.05, 0) is 31.5 Å². The van der Waals surface area contributed by atoms with Gasteiger partial charge in [-0.25, -0.2) is 4.98 Å². The highest BCUT2D eigenvalue weighted by molar-refractivity contribution is 7.18. The maximum Gasteiger partial charge on any atom is 0.295 e. The second kappa shape index (κ2) is 5.81. The summed E-state index contributed by atoms with van der Waals surface area (Å²) in [7, 11) is 2.08. The van der Waals surface area contributed by atoms with Crippen LogP contribution in [0.4, 0.5) is 5.13 Å². The molecule has 4 saturated heterocycles. The fraction of sp³-hybridized carbons (Fsp3) is 0.474. The summed E-state index contributed by atoms with van der Waals surface area (Å²) >= 11 is 1.61. The predicted octanol–water partition coefficient (Wildman–Crippen LogP) is 3.22. The second-order valence-electron chi connectivity index (χ2n) is 7.34. The van der Waals surface area contributed by atoms with E-state index in [1.165, 1.54) is 31.5 Å². The molecule has 1 atom stereocenters. The van der Waals surface area contributed by atoms with Gasteiger partial charge in [0.1, 0.15) is 5.60 Å². The van der Waals surface area contributed by atoms with Crippen LogP contribution in [0, 0.1) is 5.92 Å². The molecule has 6 rings (SSSR count). The van der Waals surface area contributed by atoms with E-state index in [1.807, 2.05) is 24.4 Å². The fourth-order valence-corrected chi connectivity index (χ4v) is 5.21. The number of fused-ring (bicyclic) bond motifs is 2. The lowest BCUT2D eigenvalue weighted by Crippen LogP contribution is -2.60. The zero-order valence-electron chi connectivity index (χ0n) is 14.4. The van der Waals surface area contributed by atoms with Gasteiger partial charge in [0.05, 0.1) is 11.4 Å². The third-order valence-corrected chi connectivity index (χ3v) is 6.63. The number of ether oxygens (including phenoxy) is 1. The number of amidine groups is 1. The molecule has 1 aromatic carbocycles. The molecule has 5 heterocycles. The van der Waals surface area contributed by atoms with Crippen molar-refractivity contribution in [2.45, 2.75) is 18.4 Å². The lowest BCUT2D eigenvalue weighted by molar-refractivity contribution is -0.0818. The number of nitrogens with zero attached hydrogens (tertiary/aromatic N) is 4. The van der Waals surface area contributed by atoms with Crippen LogP contribution in [0.3, 0.4) is 0 Å². The number of hydrogen-bond acceptors (Lipinski definition) is 5. The van der Waals surface area contributed by atoms with E-state index in [0.717, 1.165) is 29.1 Å². The highest BCUT2D eigenvalue weighted by Gasteiger charge is 2.53. The molecule has 1 spiro atoms. The third-order valence-electron chi connectivity index (χ3n) is 5.69. The Balaban J connectivity index is 1.39. The van der Waals surface area contributed by atoms with Crippen molar-refractivity contribution in [2.75, 3.05) is 33.2 Å². The number of rotatable bonds is 2. The summed E-state index contributed by atoms with van der Waals surface area (Å²) in [4.78, 5) is 15.0. The zero-order valence-corrected chi connectivity index (χ0v) is 15.2. The van der Waals surface area contributed by atoms with E-state index in [-0.39, 0.29) is 5.60 Å². The molecular weight excluding hydrogens is 332 g/mol. The van der Waals surface area contributed by atoms with E-state index in [9.17, 15) is 0 Å². The number of likely N-dealkylation sites (N-methyl/N-ethyl adjacent to an activating group) is 1. The molecule has 2 bridgehead atoms. The first kappa shape index (κ1) is 15.3. The molecule has 0 aliphatic carbocycles. The highest BCUT2D eigenvalue weighted by Crippen LogP contribution is 2.42. The van der Waals surface area contributed by atoms with Gasteiger partial charge in [0.25, 0.3) is 6.02 Å². The predicted molar refractivity (Wildman–Crippen MR) is 100 cm³/mol. The number of benzene rings is 1. The summed E-state index contributed by atoms with van der Waals surface area (Å²) in [6, 6.07) is 11.1. The molecule has 25 heavy (non-hydrogen) atoms. The van der Waals surface area contributed by atoms with Crippen molar-refractivity contribution in [3.63, 3.8) is 0 Å². The highest BCUT2D eigenvalue weighted by atomic mass is 32.1. The summed E-state index contributed by atoms with van der Waals surface area (Å²) in [5, 5.41) is 0.763. The largest absolute Gasteiger partial charge is 0.455 e. The first-order valence-corrected chi connectivity index (χ1v) is 9.76. The van der Waals surface area contributed by atoms with Crippen LogP contribution >= 0.6 is 11.3 Å². The lowest BCUT2D eigenvalue weighted by atomic mass is 9.75. The van der Waals surface area contributed by atoms with Crippen molar-refractivity contribution >= 4 is 22.5 Å². The summed E-state index contributed by atoms with van der Waals surface area (Å²) < 4.78 is 6.46. The quantitative estimate of drug-likeness (QED) is 0.830. The molecule has 4 aliphatic heterocycles. The van der Waals surface area contributed by atoms with E-state index in [0.29, 0.717) is 5.92 Å². The van der Waals surface area contributed by atoms with Gasteiger partial charge in [0.2, 0.25) is 5.13 Å². The molecule has 0 saturated carbocycles. The van der Waals surface area contributed by atoms with E-state index in [1.54, 1.807) is 11.3 Å². The van der Waals surface area contributed by atoms with Crippen LogP contribution in [0.1, 0.15) is 12.8 Å². The number of hydrogen-bond donors (Lipinski definition) is 0. The Morgan fingerprint density at radius 3 is 2.72 bits per heavy atom. The molecule has 1 unspecified atom stereocenters. The van der Waals surface area contributed by atoms with Gasteiger partial charge in [-0.3, -0.25) is 4.90 Å². The monoisotopic (exact) mass is 354 g/mol. The summed E-state index contributed by atoms with van der Waals surface area (Å²) in [5.41, 5.74) is 1.12. The SMILES string of the molecule is CN1CC2(CN3CCC2CC3)O/C1=N\c1ncc(-c2ccccc2)s1. The Kier molecular flexibility index (Phi) is 3.57. The van der Waals surface area contributed by atoms with E-state index < -0.39 is 0 Å². The topological polar surface area (TPSA) is 41.0 Å². The Bertz CT molecular complexity index is 797. The summed E-state index contributed by atoms with van der Waals surface area (Å²) in [6.45, 7) is 4.41. The van der Waals surface area contributed by atoms with Crippen LogP contribution < -0.4 is 0 Å². The Morgan fingerprint density at radius 2 is 2.00 bits per heavy atom. The third kappa shape index (κ3) is 2.64. The standard InChI is InChI=1S/C19H22N4OS/c1-22-12-19(13-23-9-7-15(19)8-10-23)24-18(22)21-17-20-11-16(25-17)14-5-3-2-4-6-14/h2-6,11,15H,7-10,12-13H2,1H3/b21-18-. The number of thiazole rings is 1. The van der Waals surface area contributed by atoms with Gasteiger partial charge in [-0.1, -0.05) is 41.7 Å². The molecule has 0 amide bonds. The first-order valence-electron chi connectivity index (χ1n) is 8.94. The average Bonchev–Trinajstić information content (AvgIpc) is 3.22. The van der Waals surface area contributed by atoms with Crippen LogP contribution in [-0.4, -0.2) is 59.6 Å². The average molecular weight is 354 g/mol. The van der Waals surface area contributed by atoms with Gasteiger partial charge in [-0.15, -0.1) is 0 Å². The van der Waals surface area contributed by atoms with Gasteiger partial charge >= 0.3 is 0 Å². The molecule has 4 fully saturated rings. The van der Waals surface area contributed by atoms with Crippen LogP contribution in [-0.2, 0) is 4.74 Å². The molecule has 130 valence electrons. The molecule has 0 N–H and O–H groups in total. The van der Waals surface area contributed by atoms with Crippen molar-refractivity contribution in [1.29, 1.82) is 0 Å². The van der Waals surface area contributed by atoms with Crippen LogP contribution in [0.15, 0.2) is 41.5 Å². The number of aliphatic imine (C=N–C) groups is 1. The maximum absolute atomic E-state index is 6.46. The molecule has 2 aromatic rings. The van der Waals surface area contributed by atoms with Gasteiger partial charge in [0, 0.05) is 25.7 Å². The lowest BCUT2D eigenvalue weighted by Gasteiger charge is -2.49. The van der Waals surface area contributed by atoms with E-state index in [2.05, 4.69) is 34.0 Å². The van der Waals surface area contributed by atoms with Crippen molar-refractivity contribution < 1.29 is 4.74 Å². The molecule has 4 aliphatic rings. The molecule has 1 aromatic heterocycles. The minimum Gasteiger partial charge on any atom is -0.455 e. The minimum absolute atomic E-state index is 0.0659. The number of piperidine rings is 3. The molecule has 0 radical (unpaired) electrons. The van der Waals surface area contributed by atoms with Crippen LogP contribution in [0.5, 0.6) is 0 Å².